The van der Waals surface area contributed by atoms with Crippen molar-refractivity contribution < 1.29 is 9.53 Å². The highest BCUT2D eigenvalue weighted by atomic mass is 16.5. The van der Waals surface area contributed by atoms with Gasteiger partial charge in [-0.05, 0) is 49.8 Å². The number of rotatable bonds is 6. The summed E-state index contributed by atoms with van der Waals surface area (Å²) in [5, 5.41) is 0. The van der Waals surface area contributed by atoms with Gasteiger partial charge in [-0.2, -0.15) is 0 Å². The monoisotopic (exact) mass is 365 g/mol. The van der Waals surface area contributed by atoms with Crippen LogP contribution >= 0.6 is 0 Å². The van der Waals surface area contributed by atoms with Crippen LogP contribution in [0.1, 0.15) is 50.8 Å². The summed E-state index contributed by atoms with van der Waals surface area (Å²) in [4.78, 5) is 14.7. The normalized spacial score (nSPS) is 20.8. The quantitative estimate of drug-likeness (QED) is 0.669. The molecule has 1 fully saturated rings. The fourth-order valence-corrected chi connectivity index (χ4v) is 4.17. The lowest BCUT2D eigenvalue weighted by Gasteiger charge is -2.41. The van der Waals surface area contributed by atoms with E-state index in [0.717, 1.165) is 19.5 Å². The molecule has 3 nitrogen and oxygen atoms in total. The number of piperidine rings is 1. The molecule has 27 heavy (non-hydrogen) atoms. The van der Waals surface area contributed by atoms with Crippen LogP contribution in [-0.4, -0.2) is 30.1 Å². The van der Waals surface area contributed by atoms with E-state index in [4.69, 9.17) is 4.74 Å². The van der Waals surface area contributed by atoms with Crippen molar-refractivity contribution in [2.45, 2.75) is 45.8 Å². The first kappa shape index (κ1) is 19.6. The van der Waals surface area contributed by atoms with Crippen molar-refractivity contribution in [3.63, 3.8) is 0 Å². The maximum Gasteiger partial charge on any atom is 0.306 e. The summed E-state index contributed by atoms with van der Waals surface area (Å²) in [5.41, 5.74) is 2.65. The Balaban J connectivity index is 1.73. The van der Waals surface area contributed by atoms with E-state index in [1.54, 1.807) is 0 Å². The molecule has 0 aromatic heterocycles. The molecule has 2 aromatic rings. The summed E-state index contributed by atoms with van der Waals surface area (Å²) in [6.45, 7) is 8.08. The predicted octanol–water partition coefficient (Wildman–Crippen LogP) is 5.08. The van der Waals surface area contributed by atoms with Crippen LogP contribution in [0.3, 0.4) is 0 Å². The van der Waals surface area contributed by atoms with Crippen molar-refractivity contribution in [2.75, 3.05) is 13.1 Å². The molecule has 0 saturated carbocycles. The van der Waals surface area contributed by atoms with Crippen molar-refractivity contribution in [1.29, 1.82) is 0 Å². The van der Waals surface area contributed by atoms with E-state index in [-0.39, 0.29) is 18.1 Å². The molecular formula is C24H31NO2. The van der Waals surface area contributed by atoms with E-state index in [1.807, 2.05) is 13.8 Å². The lowest BCUT2D eigenvalue weighted by molar-refractivity contribution is -0.149. The second-order valence-electron chi connectivity index (χ2n) is 7.99. The summed E-state index contributed by atoms with van der Waals surface area (Å²) in [5.74, 6) is 0.811. The summed E-state index contributed by atoms with van der Waals surface area (Å²) in [6, 6.07) is 21.7. The second kappa shape index (κ2) is 9.18. The first-order valence-corrected chi connectivity index (χ1v) is 10.1. The van der Waals surface area contributed by atoms with Crippen molar-refractivity contribution in [2.24, 2.45) is 11.8 Å². The van der Waals surface area contributed by atoms with E-state index < -0.39 is 0 Å². The maximum absolute atomic E-state index is 12.1. The van der Waals surface area contributed by atoms with Gasteiger partial charge in [-0.3, -0.25) is 9.69 Å². The van der Waals surface area contributed by atoms with Crippen molar-refractivity contribution in [3.8, 4) is 0 Å². The number of benzene rings is 2. The number of ether oxygens (including phenoxy) is 1. The number of carbonyl (C=O) groups is 1. The van der Waals surface area contributed by atoms with Crippen LogP contribution in [0.5, 0.6) is 0 Å². The fourth-order valence-electron chi connectivity index (χ4n) is 4.17. The molecule has 144 valence electrons. The molecule has 0 bridgehead atoms. The number of esters is 1. The molecule has 1 heterocycles. The second-order valence-corrected chi connectivity index (χ2v) is 7.99. The Morgan fingerprint density at radius 2 is 1.59 bits per heavy atom. The minimum Gasteiger partial charge on any atom is -0.463 e. The molecule has 0 spiro atoms. The van der Waals surface area contributed by atoms with Gasteiger partial charge in [0.25, 0.3) is 0 Å². The minimum absolute atomic E-state index is 0.0339. The number of nitrogens with zero attached hydrogens (tertiary/aromatic N) is 1. The summed E-state index contributed by atoms with van der Waals surface area (Å²) in [6.07, 6.45) is 1.53. The van der Waals surface area contributed by atoms with Gasteiger partial charge >= 0.3 is 5.97 Å². The molecule has 3 heteroatoms. The van der Waals surface area contributed by atoms with Crippen molar-refractivity contribution in [3.05, 3.63) is 71.8 Å². The van der Waals surface area contributed by atoms with Gasteiger partial charge in [0.1, 0.15) is 0 Å². The van der Waals surface area contributed by atoms with Gasteiger partial charge in [0.2, 0.25) is 0 Å². The SMILES string of the molecule is CC(C)OC(=O)C[C@@H]1CCN(C(c2ccccc2)c2ccccc2)C[C@@H]1C. The lowest BCUT2D eigenvalue weighted by atomic mass is 9.82. The van der Waals surface area contributed by atoms with Crippen LogP contribution in [0.2, 0.25) is 0 Å². The summed E-state index contributed by atoms with van der Waals surface area (Å²) in [7, 11) is 0. The Morgan fingerprint density at radius 1 is 1.04 bits per heavy atom. The van der Waals surface area contributed by atoms with Crippen LogP contribution < -0.4 is 0 Å². The Labute approximate surface area is 163 Å². The highest BCUT2D eigenvalue weighted by molar-refractivity contribution is 5.69. The molecule has 1 saturated heterocycles. The molecule has 0 aliphatic carbocycles. The molecule has 3 rings (SSSR count). The van der Waals surface area contributed by atoms with E-state index in [1.165, 1.54) is 11.1 Å². The van der Waals surface area contributed by atoms with Gasteiger partial charge < -0.3 is 4.74 Å². The molecule has 0 amide bonds. The van der Waals surface area contributed by atoms with Gasteiger partial charge in [0, 0.05) is 13.0 Å². The fraction of sp³-hybridized carbons (Fsp3) is 0.458. The molecule has 0 radical (unpaired) electrons. The molecule has 1 aliphatic heterocycles. The van der Waals surface area contributed by atoms with E-state index in [9.17, 15) is 4.79 Å². The Morgan fingerprint density at radius 3 is 2.07 bits per heavy atom. The van der Waals surface area contributed by atoms with Gasteiger partial charge in [-0.25, -0.2) is 0 Å². The van der Waals surface area contributed by atoms with Crippen molar-refractivity contribution in [1.82, 2.24) is 4.90 Å². The topological polar surface area (TPSA) is 29.5 Å². The van der Waals surface area contributed by atoms with Gasteiger partial charge in [0.05, 0.1) is 12.1 Å². The summed E-state index contributed by atoms with van der Waals surface area (Å²) >= 11 is 0. The van der Waals surface area contributed by atoms with Crippen LogP contribution in [0.25, 0.3) is 0 Å². The van der Waals surface area contributed by atoms with Gasteiger partial charge in [-0.15, -0.1) is 0 Å². The first-order chi connectivity index (χ1) is 13.0. The Kier molecular flexibility index (Phi) is 6.68. The third-order valence-electron chi connectivity index (χ3n) is 5.51. The van der Waals surface area contributed by atoms with Crippen LogP contribution in [-0.2, 0) is 9.53 Å². The molecule has 2 aromatic carbocycles. The van der Waals surface area contributed by atoms with Gasteiger partial charge in [0.15, 0.2) is 0 Å². The number of hydrogen-bond acceptors (Lipinski definition) is 3. The number of likely N-dealkylation sites (tertiary alicyclic amines) is 1. The average Bonchev–Trinajstić information content (AvgIpc) is 2.65. The largest absolute Gasteiger partial charge is 0.463 e. The van der Waals surface area contributed by atoms with E-state index in [0.29, 0.717) is 18.3 Å². The molecule has 1 aliphatic rings. The zero-order valence-electron chi connectivity index (χ0n) is 16.7. The Bertz CT molecular complexity index is 674. The Hall–Kier alpha value is -2.13. The zero-order chi connectivity index (χ0) is 19.2. The van der Waals surface area contributed by atoms with Gasteiger partial charge in [-0.1, -0.05) is 67.6 Å². The van der Waals surface area contributed by atoms with Crippen LogP contribution in [0.15, 0.2) is 60.7 Å². The third-order valence-corrected chi connectivity index (χ3v) is 5.51. The van der Waals surface area contributed by atoms with E-state index in [2.05, 4.69) is 72.5 Å². The smallest absolute Gasteiger partial charge is 0.306 e. The third kappa shape index (κ3) is 5.20. The first-order valence-electron chi connectivity index (χ1n) is 10.1. The zero-order valence-corrected chi connectivity index (χ0v) is 16.7. The maximum atomic E-state index is 12.1. The lowest BCUT2D eigenvalue weighted by Crippen LogP contribution is -2.42. The van der Waals surface area contributed by atoms with Crippen LogP contribution in [0.4, 0.5) is 0 Å². The predicted molar refractivity (Wildman–Crippen MR) is 109 cm³/mol. The van der Waals surface area contributed by atoms with E-state index >= 15 is 0 Å². The average molecular weight is 366 g/mol. The summed E-state index contributed by atoms with van der Waals surface area (Å²) < 4.78 is 5.36. The number of carbonyl (C=O) groups excluding carboxylic acids is 1. The molecular weight excluding hydrogens is 334 g/mol. The molecule has 0 unspecified atom stereocenters. The number of hydrogen-bond donors (Lipinski definition) is 0. The highest BCUT2D eigenvalue weighted by Gasteiger charge is 2.32. The van der Waals surface area contributed by atoms with Crippen molar-refractivity contribution >= 4 is 5.97 Å². The minimum atomic E-state index is -0.0574. The highest BCUT2D eigenvalue weighted by Crippen LogP contribution is 2.35. The molecule has 0 N–H and O–H groups in total. The standard InChI is InChI=1S/C24H31NO2/c1-18(2)27-23(26)16-22-14-15-25(17-19(22)3)24(20-10-6-4-7-11-20)21-12-8-5-9-13-21/h4-13,18-19,22,24H,14-17H2,1-3H3/t19-,22-/m0/s1. The van der Waals surface area contributed by atoms with Crippen LogP contribution in [0, 0.1) is 11.8 Å². The molecule has 2 atom stereocenters.